The number of benzene rings is 1. The van der Waals surface area contributed by atoms with Crippen LogP contribution in [0.5, 0.6) is 5.75 Å². The molecule has 2 nitrogen and oxygen atoms in total. The van der Waals surface area contributed by atoms with E-state index in [1.54, 1.807) is 6.92 Å². The van der Waals surface area contributed by atoms with Crippen LogP contribution in [0.15, 0.2) is 24.3 Å². The molecule has 0 N–H and O–H groups in total. The minimum absolute atomic E-state index is 0.316. The van der Waals surface area contributed by atoms with Crippen LogP contribution in [0.2, 0.25) is 0 Å². The summed E-state index contributed by atoms with van der Waals surface area (Å²) in [7, 11) is 0. The van der Waals surface area contributed by atoms with Gasteiger partial charge in [0.1, 0.15) is 11.8 Å². The molecule has 0 atom stereocenters. The van der Waals surface area contributed by atoms with Crippen molar-refractivity contribution in [3.63, 3.8) is 0 Å². The van der Waals surface area contributed by atoms with Crippen LogP contribution in [0.4, 0.5) is 8.78 Å². The van der Waals surface area contributed by atoms with Gasteiger partial charge < -0.3 is 4.74 Å². The van der Waals surface area contributed by atoms with Gasteiger partial charge in [0.25, 0.3) is 0 Å². The molecule has 0 bridgehead atoms. The average molecular weight is 197 g/mol. The van der Waals surface area contributed by atoms with Crippen LogP contribution in [-0.2, 0) is 5.92 Å². The Labute approximate surface area is 80.7 Å². The maximum absolute atomic E-state index is 12.8. The van der Waals surface area contributed by atoms with Crippen molar-refractivity contribution in [2.75, 3.05) is 6.61 Å². The monoisotopic (exact) mass is 197 g/mol. The van der Waals surface area contributed by atoms with Gasteiger partial charge in [-0.3, -0.25) is 0 Å². The third-order valence-electron chi connectivity index (χ3n) is 1.67. The second-order valence-electron chi connectivity index (χ2n) is 2.64. The Morgan fingerprint density at radius 3 is 2.36 bits per heavy atom. The van der Waals surface area contributed by atoms with Gasteiger partial charge in [-0.2, -0.15) is 14.0 Å². The summed E-state index contributed by atoms with van der Waals surface area (Å²) in [5.41, 5.74) is -0.316. The van der Waals surface area contributed by atoms with E-state index < -0.39 is 5.92 Å². The molecule has 0 saturated heterocycles. The van der Waals surface area contributed by atoms with Gasteiger partial charge in [0, 0.05) is 5.56 Å². The minimum atomic E-state index is -3.43. The first-order valence-electron chi connectivity index (χ1n) is 4.12. The molecule has 74 valence electrons. The Morgan fingerprint density at radius 2 is 1.93 bits per heavy atom. The fourth-order valence-electron chi connectivity index (χ4n) is 0.992. The van der Waals surface area contributed by atoms with E-state index in [9.17, 15) is 8.78 Å². The second-order valence-corrected chi connectivity index (χ2v) is 2.64. The zero-order chi connectivity index (χ0) is 10.6. The average Bonchev–Trinajstić information content (AvgIpc) is 2.19. The number of hydrogen-bond donors (Lipinski definition) is 0. The van der Waals surface area contributed by atoms with Crippen molar-refractivity contribution >= 4 is 0 Å². The molecule has 0 fully saturated rings. The molecule has 0 radical (unpaired) electrons. The molecule has 1 aromatic rings. The third-order valence-corrected chi connectivity index (χ3v) is 1.67. The van der Waals surface area contributed by atoms with Crippen molar-refractivity contribution in [3.05, 3.63) is 29.8 Å². The first-order chi connectivity index (χ1) is 6.60. The Morgan fingerprint density at radius 1 is 1.36 bits per heavy atom. The van der Waals surface area contributed by atoms with Gasteiger partial charge in [-0.25, -0.2) is 0 Å². The maximum Gasteiger partial charge on any atom is 0.357 e. The van der Waals surface area contributed by atoms with Crippen molar-refractivity contribution in [1.29, 1.82) is 5.26 Å². The van der Waals surface area contributed by atoms with Gasteiger partial charge in [0.2, 0.25) is 0 Å². The predicted octanol–water partition coefficient (Wildman–Crippen LogP) is 2.70. The molecule has 0 unspecified atom stereocenters. The molecule has 0 aliphatic heterocycles. The summed E-state index contributed by atoms with van der Waals surface area (Å²) >= 11 is 0. The predicted molar refractivity (Wildman–Crippen MR) is 47.1 cm³/mol. The van der Waals surface area contributed by atoms with E-state index in [0.29, 0.717) is 12.4 Å². The third kappa shape index (κ3) is 2.19. The zero-order valence-electron chi connectivity index (χ0n) is 7.63. The van der Waals surface area contributed by atoms with Crippen molar-refractivity contribution in [2.45, 2.75) is 12.8 Å². The maximum atomic E-state index is 12.8. The molecule has 1 aromatic carbocycles. The van der Waals surface area contributed by atoms with Crippen LogP contribution >= 0.6 is 0 Å². The van der Waals surface area contributed by atoms with Gasteiger partial charge in [0.05, 0.1) is 6.61 Å². The van der Waals surface area contributed by atoms with Gasteiger partial charge in [0.15, 0.2) is 0 Å². The van der Waals surface area contributed by atoms with Crippen LogP contribution in [-0.4, -0.2) is 6.61 Å². The SMILES string of the molecule is CCOc1ccc(C(F)(F)C#N)cc1. The lowest BCUT2D eigenvalue weighted by atomic mass is 10.1. The highest BCUT2D eigenvalue weighted by atomic mass is 19.3. The van der Waals surface area contributed by atoms with E-state index in [1.807, 2.05) is 0 Å². The molecule has 0 spiro atoms. The molecule has 0 aromatic heterocycles. The van der Waals surface area contributed by atoms with Crippen molar-refractivity contribution in [2.24, 2.45) is 0 Å². The van der Waals surface area contributed by atoms with E-state index in [-0.39, 0.29) is 5.56 Å². The summed E-state index contributed by atoms with van der Waals surface area (Å²) in [6.07, 6.45) is 0. The first kappa shape index (κ1) is 10.5. The van der Waals surface area contributed by atoms with Crippen molar-refractivity contribution in [3.8, 4) is 11.8 Å². The number of nitrogens with zero attached hydrogens (tertiary/aromatic N) is 1. The van der Waals surface area contributed by atoms with E-state index in [0.717, 1.165) is 6.07 Å². The standard InChI is InChI=1S/C10H9F2NO/c1-2-14-9-5-3-8(4-6-9)10(11,12)7-13/h3-6H,2H2,1H3. The Hall–Kier alpha value is -1.63. The van der Waals surface area contributed by atoms with Crippen molar-refractivity contribution in [1.82, 2.24) is 0 Å². The molecule has 14 heavy (non-hydrogen) atoms. The second kappa shape index (κ2) is 4.05. The highest BCUT2D eigenvalue weighted by Gasteiger charge is 2.30. The first-order valence-corrected chi connectivity index (χ1v) is 4.12. The number of halogens is 2. The molecule has 0 amide bonds. The fourth-order valence-corrected chi connectivity index (χ4v) is 0.992. The Balaban J connectivity index is 2.90. The highest BCUT2D eigenvalue weighted by Crippen LogP contribution is 2.28. The Kier molecular flexibility index (Phi) is 3.03. The molecule has 0 aliphatic rings. The van der Waals surface area contributed by atoms with Crippen LogP contribution in [0, 0.1) is 11.3 Å². The topological polar surface area (TPSA) is 33.0 Å². The quantitative estimate of drug-likeness (QED) is 0.746. The van der Waals surface area contributed by atoms with E-state index in [4.69, 9.17) is 10.00 Å². The molecule has 4 heteroatoms. The van der Waals surface area contributed by atoms with E-state index in [1.165, 1.54) is 24.3 Å². The lowest BCUT2D eigenvalue weighted by Gasteiger charge is -2.08. The smallest absolute Gasteiger partial charge is 0.357 e. The van der Waals surface area contributed by atoms with Gasteiger partial charge in [-0.05, 0) is 31.2 Å². The molecular weight excluding hydrogens is 188 g/mol. The summed E-state index contributed by atoms with van der Waals surface area (Å²) < 4.78 is 30.7. The number of hydrogen-bond acceptors (Lipinski definition) is 2. The number of rotatable bonds is 3. The minimum Gasteiger partial charge on any atom is -0.494 e. The molecular formula is C10H9F2NO. The van der Waals surface area contributed by atoms with E-state index >= 15 is 0 Å². The summed E-state index contributed by atoms with van der Waals surface area (Å²) in [5.74, 6) is -2.91. The van der Waals surface area contributed by atoms with Gasteiger partial charge in [-0.15, -0.1) is 0 Å². The van der Waals surface area contributed by atoms with E-state index in [2.05, 4.69) is 0 Å². The zero-order valence-corrected chi connectivity index (χ0v) is 7.63. The fraction of sp³-hybridized carbons (Fsp3) is 0.300. The summed E-state index contributed by atoms with van der Waals surface area (Å²) in [5, 5.41) is 8.19. The number of ether oxygens (including phenoxy) is 1. The van der Waals surface area contributed by atoms with Crippen LogP contribution in [0.3, 0.4) is 0 Å². The van der Waals surface area contributed by atoms with Crippen molar-refractivity contribution < 1.29 is 13.5 Å². The largest absolute Gasteiger partial charge is 0.494 e. The van der Waals surface area contributed by atoms with Gasteiger partial charge >= 0.3 is 5.92 Å². The summed E-state index contributed by atoms with van der Waals surface area (Å²) in [6.45, 7) is 2.28. The van der Waals surface area contributed by atoms with Crippen LogP contribution < -0.4 is 4.74 Å². The number of nitriles is 1. The lowest BCUT2D eigenvalue weighted by Crippen LogP contribution is -2.09. The van der Waals surface area contributed by atoms with Crippen LogP contribution in [0.1, 0.15) is 12.5 Å². The molecule has 0 heterocycles. The highest BCUT2D eigenvalue weighted by molar-refractivity contribution is 5.32. The lowest BCUT2D eigenvalue weighted by molar-refractivity contribution is 0.0612. The Bertz CT molecular complexity index is 340. The molecule has 1 rings (SSSR count). The number of alkyl halides is 2. The van der Waals surface area contributed by atoms with Gasteiger partial charge in [-0.1, -0.05) is 0 Å². The normalized spacial score (nSPS) is 10.7. The summed E-state index contributed by atoms with van der Waals surface area (Å²) in [4.78, 5) is 0. The molecule has 0 saturated carbocycles. The summed E-state index contributed by atoms with van der Waals surface area (Å²) in [6, 6.07) is 6.15. The van der Waals surface area contributed by atoms with Crippen LogP contribution in [0.25, 0.3) is 0 Å². The molecule has 0 aliphatic carbocycles.